The van der Waals surface area contributed by atoms with Crippen LogP contribution in [0.15, 0.2) is 11.2 Å². The summed E-state index contributed by atoms with van der Waals surface area (Å²) in [5.41, 5.74) is 3.50. The molecule has 1 aliphatic carbocycles. The molecule has 0 bridgehead atoms. The fourth-order valence-electron chi connectivity index (χ4n) is 4.11. The third-order valence-corrected chi connectivity index (χ3v) is 8.12. The van der Waals surface area contributed by atoms with Gasteiger partial charge in [-0.15, -0.1) is 11.3 Å². The summed E-state index contributed by atoms with van der Waals surface area (Å²) in [6, 6.07) is 0. The van der Waals surface area contributed by atoms with Gasteiger partial charge in [0.1, 0.15) is 0 Å². The van der Waals surface area contributed by atoms with Gasteiger partial charge < -0.3 is 4.57 Å². The van der Waals surface area contributed by atoms with E-state index in [0.717, 1.165) is 35.4 Å². The smallest absolute Gasteiger partial charge is 0.251 e. The van der Waals surface area contributed by atoms with Crippen molar-refractivity contribution in [1.29, 1.82) is 0 Å². The number of nitrogens with zero attached hydrogens (tertiary/aromatic N) is 5. The van der Waals surface area contributed by atoms with E-state index in [1.165, 1.54) is 21.1 Å². The lowest BCUT2D eigenvalue weighted by Gasteiger charge is -2.28. The van der Waals surface area contributed by atoms with Crippen LogP contribution in [-0.2, 0) is 41.3 Å². The summed E-state index contributed by atoms with van der Waals surface area (Å²) >= 11 is 1.59. The first kappa shape index (κ1) is 19.5. The molecule has 4 rings (SSSR count). The van der Waals surface area contributed by atoms with Gasteiger partial charge in [-0.25, -0.2) is 12.7 Å². The quantitative estimate of drug-likeness (QED) is 0.741. The van der Waals surface area contributed by atoms with Crippen molar-refractivity contribution in [3.8, 4) is 11.3 Å². The van der Waals surface area contributed by atoms with Crippen molar-refractivity contribution in [2.45, 2.75) is 39.2 Å². The normalized spacial score (nSPS) is 18.9. The second-order valence-corrected chi connectivity index (χ2v) is 10.5. The number of rotatable bonds is 3. The highest BCUT2D eigenvalue weighted by Crippen LogP contribution is 2.34. The highest BCUT2D eigenvalue weighted by Gasteiger charge is 2.30. The molecular weight excluding hydrogens is 398 g/mol. The van der Waals surface area contributed by atoms with Crippen molar-refractivity contribution in [2.75, 3.05) is 19.3 Å². The molecule has 2 aromatic heterocycles. The molecule has 3 heterocycles. The zero-order valence-electron chi connectivity index (χ0n) is 16.4. The number of aromatic nitrogens is 3. The maximum Gasteiger partial charge on any atom is 0.251 e. The monoisotopic (exact) mass is 423 g/mol. The van der Waals surface area contributed by atoms with E-state index in [9.17, 15) is 13.2 Å². The summed E-state index contributed by atoms with van der Waals surface area (Å²) in [5, 5.41) is 4.40. The molecule has 0 unspecified atom stereocenters. The topological polar surface area (TPSA) is 89.6 Å². The molecule has 0 aromatic carbocycles. The fourth-order valence-corrected chi connectivity index (χ4v) is 6.19. The number of carbonyl (C=O) groups excluding carboxylic acids is 1. The van der Waals surface area contributed by atoms with Crippen molar-refractivity contribution in [2.24, 2.45) is 18.0 Å². The van der Waals surface area contributed by atoms with Gasteiger partial charge in [-0.3, -0.25) is 9.48 Å². The van der Waals surface area contributed by atoms with Gasteiger partial charge in [0.05, 0.1) is 18.1 Å². The van der Waals surface area contributed by atoms with Crippen LogP contribution in [0.2, 0.25) is 0 Å². The number of fused-ring (bicyclic) bond motifs is 3. The Morgan fingerprint density at radius 1 is 1.32 bits per heavy atom. The minimum absolute atomic E-state index is 0.139. The third-order valence-electron chi connectivity index (χ3n) is 5.68. The Balaban J connectivity index is 1.63. The van der Waals surface area contributed by atoms with E-state index in [2.05, 4.69) is 21.6 Å². The van der Waals surface area contributed by atoms with Gasteiger partial charge in [-0.2, -0.15) is 10.1 Å². The maximum atomic E-state index is 12.8. The lowest BCUT2D eigenvalue weighted by Crippen LogP contribution is -2.39. The van der Waals surface area contributed by atoms with Crippen LogP contribution in [0.5, 0.6) is 0 Å². The molecule has 0 radical (unpaired) electrons. The Bertz CT molecular complexity index is 1090. The molecule has 0 atom stereocenters. The summed E-state index contributed by atoms with van der Waals surface area (Å²) in [6.45, 7) is 3.57. The molecule has 1 fully saturated rings. The van der Waals surface area contributed by atoms with Gasteiger partial charge in [0, 0.05) is 48.7 Å². The van der Waals surface area contributed by atoms with Gasteiger partial charge in [0.15, 0.2) is 4.80 Å². The zero-order valence-corrected chi connectivity index (χ0v) is 18.0. The average Bonchev–Trinajstić information content (AvgIpc) is 3.20. The molecule has 1 amide bonds. The van der Waals surface area contributed by atoms with Crippen LogP contribution in [0.4, 0.5) is 0 Å². The highest BCUT2D eigenvalue weighted by atomic mass is 32.2. The predicted octanol–water partition coefficient (Wildman–Crippen LogP) is 1.17. The molecule has 8 nitrogen and oxygen atoms in total. The molecule has 0 saturated carbocycles. The van der Waals surface area contributed by atoms with Gasteiger partial charge in [0.2, 0.25) is 10.0 Å². The molecule has 1 aliphatic heterocycles. The lowest BCUT2D eigenvalue weighted by atomic mass is 9.98. The highest BCUT2D eigenvalue weighted by molar-refractivity contribution is 7.88. The number of hydrogen-bond acceptors (Lipinski definition) is 5. The van der Waals surface area contributed by atoms with E-state index >= 15 is 0 Å². The summed E-state index contributed by atoms with van der Waals surface area (Å²) in [6.07, 6.45) is 6.05. The van der Waals surface area contributed by atoms with Crippen molar-refractivity contribution in [1.82, 2.24) is 18.7 Å². The molecular formula is C18H25N5O3S2. The van der Waals surface area contributed by atoms with E-state index in [4.69, 9.17) is 0 Å². The minimum Gasteiger partial charge on any atom is -0.316 e. The summed E-state index contributed by atoms with van der Waals surface area (Å²) in [4.78, 5) is 19.3. The summed E-state index contributed by atoms with van der Waals surface area (Å²) < 4.78 is 28.8. The van der Waals surface area contributed by atoms with Gasteiger partial charge >= 0.3 is 0 Å². The zero-order chi connectivity index (χ0) is 20.1. The van der Waals surface area contributed by atoms with Crippen LogP contribution in [0.25, 0.3) is 11.3 Å². The second-order valence-electron chi connectivity index (χ2n) is 7.42. The maximum absolute atomic E-state index is 12.8. The number of piperidine rings is 1. The van der Waals surface area contributed by atoms with Crippen LogP contribution >= 0.6 is 11.3 Å². The SMILES string of the molecule is CCn1c2c(sc1=NC(=O)C1CCN(S(C)(=O)=O)CC1)CCc1c-2cnn1C. The Labute approximate surface area is 168 Å². The fraction of sp³-hybridized carbons (Fsp3) is 0.611. The molecule has 2 aromatic rings. The van der Waals surface area contributed by atoms with E-state index < -0.39 is 10.0 Å². The van der Waals surface area contributed by atoms with Gasteiger partial charge in [-0.05, 0) is 32.6 Å². The standard InChI is InChI=1S/C18H25N5O3S2/c1-4-23-16-13-11-19-21(2)14(13)5-6-15(16)27-18(23)20-17(24)12-7-9-22(10-8-12)28(3,25)26/h11-12H,4-10H2,1-3H3. The van der Waals surface area contributed by atoms with E-state index in [-0.39, 0.29) is 11.8 Å². The first-order valence-corrected chi connectivity index (χ1v) is 12.2. The minimum atomic E-state index is -3.19. The molecule has 28 heavy (non-hydrogen) atoms. The van der Waals surface area contributed by atoms with Gasteiger partial charge in [0.25, 0.3) is 5.91 Å². The van der Waals surface area contributed by atoms with Crippen molar-refractivity contribution in [3.63, 3.8) is 0 Å². The summed E-state index contributed by atoms with van der Waals surface area (Å²) in [7, 11) is -1.23. The Hall–Kier alpha value is -1.78. The van der Waals surface area contributed by atoms with Crippen molar-refractivity contribution in [3.05, 3.63) is 21.6 Å². The molecule has 10 heteroatoms. The molecule has 1 saturated heterocycles. The largest absolute Gasteiger partial charge is 0.316 e. The van der Waals surface area contributed by atoms with E-state index in [1.807, 2.05) is 17.9 Å². The number of hydrogen-bond donors (Lipinski definition) is 0. The number of amides is 1. The number of aryl methyl sites for hydroxylation is 2. The predicted molar refractivity (Wildman–Crippen MR) is 107 cm³/mol. The molecule has 0 N–H and O–H groups in total. The van der Waals surface area contributed by atoms with Crippen molar-refractivity contribution >= 4 is 27.3 Å². The van der Waals surface area contributed by atoms with Crippen LogP contribution in [-0.4, -0.2) is 52.3 Å². The Kier molecular flexibility index (Phi) is 5.05. The Morgan fingerprint density at radius 3 is 2.68 bits per heavy atom. The van der Waals surface area contributed by atoms with Crippen LogP contribution in [0, 0.1) is 5.92 Å². The Morgan fingerprint density at radius 2 is 2.04 bits per heavy atom. The first-order chi connectivity index (χ1) is 13.3. The van der Waals surface area contributed by atoms with Crippen LogP contribution < -0.4 is 4.80 Å². The van der Waals surface area contributed by atoms with E-state index in [1.54, 1.807) is 11.3 Å². The number of thiazole rings is 1. The number of carbonyl (C=O) groups is 1. The van der Waals surface area contributed by atoms with Crippen molar-refractivity contribution < 1.29 is 13.2 Å². The van der Waals surface area contributed by atoms with Crippen LogP contribution in [0.3, 0.4) is 0 Å². The molecule has 2 aliphatic rings. The van der Waals surface area contributed by atoms with Crippen LogP contribution in [0.1, 0.15) is 30.3 Å². The lowest BCUT2D eigenvalue weighted by molar-refractivity contribution is -0.122. The number of sulfonamides is 1. The first-order valence-electron chi connectivity index (χ1n) is 9.57. The average molecular weight is 424 g/mol. The molecule has 0 spiro atoms. The van der Waals surface area contributed by atoms with Gasteiger partial charge in [-0.1, -0.05) is 0 Å². The van der Waals surface area contributed by atoms with E-state index in [0.29, 0.717) is 25.9 Å². The molecule has 152 valence electrons. The second kappa shape index (κ2) is 7.23. The summed E-state index contributed by atoms with van der Waals surface area (Å²) in [5.74, 6) is -0.350. The third kappa shape index (κ3) is 3.37.